The summed E-state index contributed by atoms with van der Waals surface area (Å²) in [5.74, 6) is 0. The monoisotopic (exact) mass is 222 g/mol. The van der Waals surface area contributed by atoms with Crippen molar-refractivity contribution in [3.63, 3.8) is 0 Å². The highest BCUT2D eigenvalue weighted by molar-refractivity contribution is 5.20. The van der Waals surface area contributed by atoms with Crippen LogP contribution in [0.1, 0.15) is 43.0 Å². The number of fused-ring (bicyclic) bond motifs is 1. The molecule has 0 unspecified atom stereocenters. The van der Waals surface area contributed by atoms with Crippen LogP contribution in [0.25, 0.3) is 0 Å². The molecule has 1 aromatic rings. The third-order valence-corrected chi connectivity index (χ3v) is 3.76. The van der Waals surface area contributed by atoms with Crippen molar-refractivity contribution in [1.29, 1.82) is 0 Å². The lowest BCUT2D eigenvalue weighted by atomic mass is 9.98. The Hall–Kier alpha value is -1.03. The number of hydrogen-bond acceptors (Lipinski definition) is 2. The molecule has 2 aliphatic rings. The van der Waals surface area contributed by atoms with Gasteiger partial charge >= 0.3 is 0 Å². The second-order valence-electron chi connectivity index (χ2n) is 4.79. The molecule has 4 nitrogen and oxygen atoms in total. The number of H-pyrrole nitrogens is 1. The van der Waals surface area contributed by atoms with Gasteiger partial charge in [0.2, 0.25) is 0 Å². The van der Waals surface area contributed by atoms with Crippen LogP contribution in [-0.2, 0) is 17.6 Å². The number of aromatic nitrogens is 2. The first-order valence-electron chi connectivity index (χ1n) is 6.26. The lowest BCUT2D eigenvalue weighted by Crippen LogP contribution is -2.28. The van der Waals surface area contributed by atoms with Crippen molar-refractivity contribution >= 4 is 0 Å². The van der Waals surface area contributed by atoms with Crippen LogP contribution in [0, 0.1) is 0 Å². The van der Waals surface area contributed by atoms with Crippen LogP contribution in [-0.4, -0.2) is 23.0 Å². The first kappa shape index (κ1) is 10.1. The first-order chi connectivity index (χ1) is 7.86. The van der Waals surface area contributed by atoms with Gasteiger partial charge in [-0.2, -0.15) is 0 Å². The van der Waals surface area contributed by atoms with Gasteiger partial charge in [-0.1, -0.05) is 0 Å². The van der Waals surface area contributed by atoms with Crippen LogP contribution in [0.15, 0.2) is 4.79 Å². The molecule has 0 atom stereocenters. The Morgan fingerprint density at radius 1 is 1.19 bits per heavy atom. The van der Waals surface area contributed by atoms with Crippen LogP contribution in [0.3, 0.4) is 0 Å². The van der Waals surface area contributed by atoms with E-state index in [-0.39, 0.29) is 5.56 Å². The van der Waals surface area contributed by atoms with Gasteiger partial charge in [0.15, 0.2) is 0 Å². The molecule has 0 bridgehead atoms. The van der Waals surface area contributed by atoms with E-state index >= 15 is 0 Å². The minimum atomic E-state index is 0.224. The van der Waals surface area contributed by atoms with Crippen molar-refractivity contribution in [1.82, 2.24) is 9.78 Å². The molecule has 2 heterocycles. The summed E-state index contributed by atoms with van der Waals surface area (Å²) in [7, 11) is 0. The van der Waals surface area contributed by atoms with Crippen molar-refractivity contribution < 1.29 is 4.74 Å². The lowest BCUT2D eigenvalue weighted by Gasteiger charge is -2.22. The summed E-state index contributed by atoms with van der Waals surface area (Å²) in [5, 5.41) is 3.32. The SMILES string of the molecule is O=c1c2c([nH]n1C1CCOCC1)CCCC2. The predicted molar refractivity (Wildman–Crippen MR) is 60.8 cm³/mol. The maximum Gasteiger partial charge on any atom is 0.270 e. The van der Waals surface area contributed by atoms with Crippen molar-refractivity contribution in [3.8, 4) is 0 Å². The Balaban J connectivity index is 1.94. The fourth-order valence-electron chi connectivity index (χ4n) is 2.81. The average Bonchev–Trinajstić information content (AvgIpc) is 2.69. The van der Waals surface area contributed by atoms with Crippen molar-refractivity contribution in [2.75, 3.05) is 13.2 Å². The quantitative estimate of drug-likeness (QED) is 0.781. The van der Waals surface area contributed by atoms with Crippen molar-refractivity contribution in [3.05, 3.63) is 21.6 Å². The van der Waals surface area contributed by atoms with E-state index in [2.05, 4.69) is 5.10 Å². The fourth-order valence-corrected chi connectivity index (χ4v) is 2.81. The van der Waals surface area contributed by atoms with Gasteiger partial charge in [-0.05, 0) is 38.5 Å². The smallest absolute Gasteiger partial charge is 0.270 e. The number of nitrogens with zero attached hydrogens (tertiary/aromatic N) is 1. The molecule has 0 saturated carbocycles. The van der Waals surface area contributed by atoms with Crippen LogP contribution in [0.5, 0.6) is 0 Å². The maximum atomic E-state index is 12.2. The Morgan fingerprint density at radius 2 is 1.94 bits per heavy atom. The van der Waals surface area contributed by atoms with Gasteiger partial charge in [0.25, 0.3) is 5.56 Å². The molecule has 1 aliphatic heterocycles. The third-order valence-electron chi connectivity index (χ3n) is 3.76. The summed E-state index contributed by atoms with van der Waals surface area (Å²) in [6.07, 6.45) is 6.29. The van der Waals surface area contributed by atoms with Crippen molar-refractivity contribution in [2.45, 2.75) is 44.6 Å². The normalized spacial score (nSPS) is 22.0. The molecule has 1 N–H and O–H groups in total. The van der Waals surface area contributed by atoms with Gasteiger partial charge in [-0.25, -0.2) is 4.68 Å². The summed E-state index contributed by atoms with van der Waals surface area (Å²) in [5.41, 5.74) is 2.45. The molecule has 0 amide bonds. The highest BCUT2D eigenvalue weighted by Gasteiger charge is 2.23. The second-order valence-corrected chi connectivity index (χ2v) is 4.79. The minimum Gasteiger partial charge on any atom is -0.381 e. The summed E-state index contributed by atoms with van der Waals surface area (Å²) in [6, 6.07) is 0.326. The van der Waals surface area contributed by atoms with E-state index in [0.717, 1.165) is 50.9 Å². The topological polar surface area (TPSA) is 47.0 Å². The highest BCUT2D eigenvalue weighted by atomic mass is 16.5. The Kier molecular flexibility index (Phi) is 2.59. The molecule has 1 aromatic heterocycles. The summed E-state index contributed by atoms with van der Waals surface area (Å²) in [4.78, 5) is 12.2. The van der Waals surface area contributed by atoms with E-state index in [1.54, 1.807) is 0 Å². The summed E-state index contributed by atoms with van der Waals surface area (Å²) >= 11 is 0. The van der Waals surface area contributed by atoms with Crippen LogP contribution < -0.4 is 5.56 Å². The maximum absolute atomic E-state index is 12.2. The van der Waals surface area contributed by atoms with Gasteiger partial charge in [0, 0.05) is 24.5 Å². The average molecular weight is 222 g/mol. The molecule has 3 rings (SSSR count). The van der Waals surface area contributed by atoms with E-state index in [1.165, 1.54) is 12.1 Å². The molecule has 4 heteroatoms. The number of aryl methyl sites for hydroxylation is 1. The molecule has 1 saturated heterocycles. The number of ether oxygens (including phenoxy) is 1. The summed E-state index contributed by atoms with van der Waals surface area (Å²) in [6.45, 7) is 1.56. The Morgan fingerprint density at radius 3 is 2.69 bits per heavy atom. The number of nitrogens with one attached hydrogen (secondary N) is 1. The lowest BCUT2D eigenvalue weighted by molar-refractivity contribution is 0.0652. The summed E-state index contributed by atoms with van der Waals surface area (Å²) < 4.78 is 7.19. The second kappa shape index (κ2) is 4.09. The first-order valence-corrected chi connectivity index (χ1v) is 6.26. The van der Waals surface area contributed by atoms with Crippen LogP contribution in [0.4, 0.5) is 0 Å². The van der Waals surface area contributed by atoms with E-state index in [4.69, 9.17) is 4.74 Å². The molecular weight excluding hydrogens is 204 g/mol. The van der Waals surface area contributed by atoms with Crippen molar-refractivity contribution in [2.24, 2.45) is 0 Å². The zero-order valence-corrected chi connectivity index (χ0v) is 9.50. The van der Waals surface area contributed by atoms with E-state index in [9.17, 15) is 4.79 Å². The molecular formula is C12H18N2O2. The Labute approximate surface area is 94.6 Å². The van der Waals surface area contributed by atoms with E-state index in [0.29, 0.717) is 6.04 Å². The standard InChI is InChI=1S/C12H18N2O2/c15-12-10-3-1-2-4-11(10)13-14(12)9-5-7-16-8-6-9/h9,13H,1-8H2. The Bertz CT molecular complexity index is 427. The molecule has 1 aliphatic carbocycles. The van der Waals surface area contributed by atoms with Crippen LogP contribution in [0.2, 0.25) is 0 Å². The van der Waals surface area contributed by atoms with E-state index in [1.807, 2.05) is 4.68 Å². The number of aromatic amines is 1. The fraction of sp³-hybridized carbons (Fsp3) is 0.750. The van der Waals surface area contributed by atoms with E-state index < -0.39 is 0 Å². The van der Waals surface area contributed by atoms with Crippen LogP contribution >= 0.6 is 0 Å². The molecule has 88 valence electrons. The third kappa shape index (κ3) is 1.61. The molecule has 0 spiro atoms. The zero-order valence-electron chi connectivity index (χ0n) is 9.50. The molecule has 0 aromatic carbocycles. The highest BCUT2D eigenvalue weighted by Crippen LogP contribution is 2.22. The molecule has 1 fully saturated rings. The van der Waals surface area contributed by atoms with Gasteiger partial charge in [0.1, 0.15) is 0 Å². The molecule has 16 heavy (non-hydrogen) atoms. The van der Waals surface area contributed by atoms with Gasteiger partial charge in [-0.3, -0.25) is 9.89 Å². The number of hydrogen-bond donors (Lipinski definition) is 1. The zero-order chi connectivity index (χ0) is 11.0. The minimum absolute atomic E-state index is 0.224. The largest absolute Gasteiger partial charge is 0.381 e. The number of rotatable bonds is 1. The predicted octanol–water partition coefficient (Wildman–Crippen LogP) is 1.41. The molecule has 0 radical (unpaired) electrons. The van der Waals surface area contributed by atoms with Gasteiger partial charge in [-0.15, -0.1) is 0 Å². The van der Waals surface area contributed by atoms with Gasteiger partial charge in [0.05, 0.1) is 6.04 Å². The van der Waals surface area contributed by atoms with Gasteiger partial charge < -0.3 is 4.74 Å².